The number of rotatable bonds is 3. The molecule has 1 atom stereocenters. The Bertz CT molecular complexity index is 547. The Morgan fingerprint density at radius 3 is 2.48 bits per heavy atom. The van der Waals surface area contributed by atoms with Crippen LogP contribution in [0.25, 0.3) is 0 Å². The van der Waals surface area contributed by atoms with Gasteiger partial charge in [-0.25, -0.2) is 0 Å². The van der Waals surface area contributed by atoms with Gasteiger partial charge in [-0.1, -0.05) is 11.6 Å². The van der Waals surface area contributed by atoms with Crippen molar-refractivity contribution >= 4 is 29.1 Å². The second-order valence-electron chi connectivity index (χ2n) is 4.21. The van der Waals surface area contributed by atoms with E-state index in [4.69, 9.17) is 16.7 Å². The molecule has 116 valence electrons. The standard InChI is InChI=1S/C12H12ClF3N2O3/c1-6(19)5-17-10(20)11(21)18-7-2-3-9(13)8(4-7)12(14,15)16/h2-4,6,19H,5H2,1H3,(H,17,20)(H,18,21). The number of benzene rings is 1. The van der Waals surface area contributed by atoms with Crippen molar-refractivity contribution in [1.82, 2.24) is 5.32 Å². The van der Waals surface area contributed by atoms with E-state index in [1.54, 1.807) is 0 Å². The maximum Gasteiger partial charge on any atom is 0.417 e. The molecule has 0 radical (unpaired) electrons. The van der Waals surface area contributed by atoms with Crippen LogP contribution in [0.4, 0.5) is 18.9 Å². The first-order valence-electron chi connectivity index (χ1n) is 5.75. The van der Waals surface area contributed by atoms with Gasteiger partial charge in [0.1, 0.15) is 0 Å². The predicted molar refractivity (Wildman–Crippen MR) is 69.8 cm³/mol. The number of aliphatic hydroxyl groups excluding tert-OH is 1. The van der Waals surface area contributed by atoms with Crippen LogP contribution in [0, 0.1) is 0 Å². The Labute approximate surface area is 123 Å². The number of carbonyl (C=O) groups is 2. The molecule has 0 fully saturated rings. The second kappa shape index (κ2) is 6.77. The highest BCUT2D eigenvalue weighted by atomic mass is 35.5. The first kappa shape index (κ1) is 17.3. The van der Waals surface area contributed by atoms with E-state index < -0.39 is 34.7 Å². The molecule has 1 rings (SSSR count). The first-order chi connectivity index (χ1) is 9.61. The fourth-order valence-electron chi connectivity index (χ4n) is 1.33. The molecule has 21 heavy (non-hydrogen) atoms. The Balaban J connectivity index is 2.80. The van der Waals surface area contributed by atoms with Crippen LogP contribution >= 0.6 is 11.6 Å². The van der Waals surface area contributed by atoms with Gasteiger partial charge in [0.15, 0.2) is 0 Å². The lowest BCUT2D eigenvalue weighted by molar-refractivity contribution is -0.137. The maximum absolute atomic E-state index is 12.6. The van der Waals surface area contributed by atoms with Crippen LogP contribution in [-0.4, -0.2) is 29.6 Å². The van der Waals surface area contributed by atoms with Crippen molar-refractivity contribution in [2.75, 3.05) is 11.9 Å². The molecule has 2 amide bonds. The average molecular weight is 325 g/mol. The highest BCUT2D eigenvalue weighted by Crippen LogP contribution is 2.36. The Hall–Kier alpha value is -1.80. The fourth-order valence-corrected chi connectivity index (χ4v) is 1.55. The van der Waals surface area contributed by atoms with Gasteiger partial charge in [-0.2, -0.15) is 13.2 Å². The molecule has 0 aliphatic rings. The largest absolute Gasteiger partial charge is 0.417 e. The molecular weight excluding hydrogens is 313 g/mol. The number of amides is 2. The third kappa shape index (κ3) is 5.24. The van der Waals surface area contributed by atoms with Crippen molar-refractivity contribution in [3.8, 4) is 0 Å². The minimum absolute atomic E-state index is 0.152. The van der Waals surface area contributed by atoms with Gasteiger partial charge >= 0.3 is 18.0 Å². The molecule has 0 saturated carbocycles. The summed E-state index contributed by atoms with van der Waals surface area (Å²) in [6.07, 6.45) is -5.53. The van der Waals surface area contributed by atoms with Crippen molar-refractivity contribution in [2.45, 2.75) is 19.2 Å². The van der Waals surface area contributed by atoms with Crippen LogP contribution < -0.4 is 10.6 Å². The number of aliphatic hydroxyl groups is 1. The number of carbonyl (C=O) groups excluding carboxylic acids is 2. The molecule has 1 aromatic rings. The predicted octanol–water partition coefficient (Wildman–Crippen LogP) is 1.79. The molecule has 0 aliphatic carbocycles. The Kier molecular flexibility index (Phi) is 5.56. The molecule has 0 saturated heterocycles. The summed E-state index contributed by atoms with van der Waals surface area (Å²) in [5, 5.41) is 12.6. The third-order valence-electron chi connectivity index (χ3n) is 2.29. The zero-order chi connectivity index (χ0) is 16.2. The highest BCUT2D eigenvalue weighted by molar-refractivity contribution is 6.39. The third-order valence-corrected chi connectivity index (χ3v) is 2.62. The SMILES string of the molecule is CC(O)CNC(=O)C(=O)Nc1ccc(Cl)c(C(F)(F)F)c1. The van der Waals surface area contributed by atoms with E-state index in [9.17, 15) is 22.8 Å². The van der Waals surface area contributed by atoms with E-state index in [0.29, 0.717) is 6.07 Å². The van der Waals surface area contributed by atoms with Crippen molar-refractivity contribution in [3.63, 3.8) is 0 Å². The van der Waals surface area contributed by atoms with E-state index in [0.717, 1.165) is 12.1 Å². The molecule has 3 N–H and O–H groups in total. The van der Waals surface area contributed by atoms with Crippen molar-refractivity contribution in [2.24, 2.45) is 0 Å². The van der Waals surface area contributed by atoms with Gasteiger partial charge in [0.25, 0.3) is 0 Å². The summed E-state index contributed by atoms with van der Waals surface area (Å²) < 4.78 is 37.9. The van der Waals surface area contributed by atoms with E-state index in [1.165, 1.54) is 6.92 Å². The number of alkyl halides is 3. The smallest absolute Gasteiger partial charge is 0.392 e. The summed E-state index contributed by atoms with van der Waals surface area (Å²) in [5.41, 5.74) is -1.34. The molecule has 0 heterocycles. The monoisotopic (exact) mass is 324 g/mol. The Morgan fingerprint density at radius 1 is 1.33 bits per heavy atom. The highest BCUT2D eigenvalue weighted by Gasteiger charge is 2.33. The van der Waals surface area contributed by atoms with E-state index >= 15 is 0 Å². The molecule has 9 heteroatoms. The molecule has 5 nitrogen and oxygen atoms in total. The summed E-state index contributed by atoms with van der Waals surface area (Å²) >= 11 is 5.42. The Morgan fingerprint density at radius 2 is 1.95 bits per heavy atom. The normalized spacial score (nSPS) is 12.7. The summed E-state index contributed by atoms with van der Waals surface area (Å²) in [7, 11) is 0. The van der Waals surface area contributed by atoms with Crippen molar-refractivity contribution in [3.05, 3.63) is 28.8 Å². The van der Waals surface area contributed by atoms with Crippen molar-refractivity contribution in [1.29, 1.82) is 0 Å². The van der Waals surface area contributed by atoms with E-state index in [-0.39, 0.29) is 12.2 Å². The van der Waals surface area contributed by atoms with Gasteiger partial charge < -0.3 is 15.7 Å². The molecule has 0 aliphatic heterocycles. The van der Waals surface area contributed by atoms with Gasteiger partial charge in [-0.05, 0) is 25.1 Å². The van der Waals surface area contributed by atoms with Crippen LogP contribution in [-0.2, 0) is 15.8 Å². The van der Waals surface area contributed by atoms with E-state index in [2.05, 4.69) is 5.32 Å². The quantitative estimate of drug-likeness (QED) is 0.742. The number of hydrogen-bond acceptors (Lipinski definition) is 3. The van der Waals surface area contributed by atoms with Gasteiger partial charge in [-0.15, -0.1) is 0 Å². The zero-order valence-electron chi connectivity index (χ0n) is 10.8. The molecule has 1 unspecified atom stereocenters. The van der Waals surface area contributed by atoms with Crippen LogP contribution in [0.2, 0.25) is 5.02 Å². The van der Waals surface area contributed by atoms with E-state index in [1.807, 2.05) is 5.32 Å². The first-order valence-corrected chi connectivity index (χ1v) is 6.13. The summed E-state index contributed by atoms with van der Waals surface area (Å²) in [5.74, 6) is -2.22. The lowest BCUT2D eigenvalue weighted by atomic mass is 10.2. The number of hydrogen-bond donors (Lipinski definition) is 3. The molecule has 1 aromatic carbocycles. The van der Waals surface area contributed by atoms with Crippen molar-refractivity contribution < 1.29 is 27.9 Å². The zero-order valence-corrected chi connectivity index (χ0v) is 11.5. The van der Waals surface area contributed by atoms with Gasteiger partial charge in [-0.3, -0.25) is 9.59 Å². The molecule has 0 bridgehead atoms. The van der Waals surface area contributed by atoms with Crippen LogP contribution in [0.1, 0.15) is 12.5 Å². The van der Waals surface area contributed by atoms with Gasteiger partial charge in [0.05, 0.1) is 16.7 Å². The van der Waals surface area contributed by atoms with Gasteiger partial charge in [0, 0.05) is 12.2 Å². The van der Waals surface area contributed by atoms with Crippen LogP contribution in [0.15, 0.2) is 18.2 Å². The summed E-state index contributed by atoms with van der Waals surface area (Å²) in [6.45, 7) is 1.24. The lowest BCUT2D eigenvalue weighted by Gasteiger charge is -2.12. The average Bonchev–Trinajstić information content (AvgIpc) is 2.36. The second-order valence-corrected chi connectivity index (χ2v) is 4.61. The minimum Gasteiger partial charge on any atom is -0.392 e. The fraction of sp³-hybridized carbons (Fsp3) is 0.333. The molecule has 0 aromatic heterocycles. The van der Waals surface area contributed by atoms with Crippen LogP contribution in [0.5, 0.6) is 0 Å². The number of halogens is 4. The number of nitrogens with one attached hydrogen (secondary N) is 2. The minimum atomic E-state index is -4.67. The topological polar surface area (TPSA) is 78.4 Å². The maximum atomic E-state index is 12.6. The lowest BCUT2D eigenvalue weighted by Crippen LogP contribution is -2.38. The van der Waals surface area contributed by atoms with Gasteiger partial charge in [0.2, 0.25) is 0 Å². The summed E-state index contributed by atoms with van der Waals surface area (Å²) in [6, 6.07) is 2.73. The molecule has 0 spiro atoms. The van der Waals surface area contributed by atoms with Crippen LogP contribution in [0.3, 0.4) is 0 Å². The summed E-state index contributed by atoms with van der Waals surface area (Å²) in [4.78, 5) is 22.8. The molecular formula is C12H12ClF3N2O3. The number of anilines is 1.